The van der Waals surface area contributed by atoms with Crippen LogP contribution in [0.4, 0.5) is 5.69 Å². The number of aromatic nitrogens is 1. The van der Waals surface area contributed by atoms with Crippen LogP contribution in [0.15, 0.2) is 12.1 Å². The number of piperidine rings is 1. The van der Waals surface area contributed by atoms with Gasteiger partial charge in [0.05, 0.1) is 38.1 Å². The van der Waals surface area contributed by atoms with Gasteiger partial charge in [0, 0.05) is 18.0 Å². The van der Waals surface area contributed by atoms with Gasteiger partial charge >= 0.3 is 5.97 Å². The number of H-pyrrole nitrogens is 1. The minimum absolute atomic E-state index is 0.162. The first-order valence-corrected chi connectivity index (χ1v) is 10.4. The van der Waals surface area contributed by atoms with Crippen molar-refractivity contribution in [3.63, 3.8) is 0 Å². The summed E-state index contributed by atoms with van der Waals surface area (Å²) in [6.45, 7) is 7.85. The van der Waals surface area contributed by atoms with Gasteiger partial charge in [0.25, 0.3) is 0 Å². The summed E-state index contributed by atoms with van der Waals surface area (Å²) in [7, 11) is 3.09. The molecule has 1 aliphatic heterocycles. The molecule has 1 aromatic carbocycles. The number of ether oxygens (including phenoxy) is 3. The van der Waals surface area contributed by atoms with Gasteiger partial charge < -0.3 is 24.5 Å². The van der Waals surface area contributed by atoms with Gasteiger partial charge in [-0.05, 0) is 45.2 Å². The van der Waals surface area contributed by atoms with Crippen molar-refractivity contribution in [2.75, 3.05) is 39.2 Å². The van der Waals surface area contributed by atoms with Gasteiger partial charge in [0.1, 0.15) is 5.69 Å². The molecule has 0 saturated carbocycles. The quantitative estimate of drug-likeness (QED) is 0.671. The zero-order valence-electron chi connectivity index (χ0n) is 18.3. The number of fused-ring (bicyclic) bond motifs is 1. The van der Waals surface area contributed by atoms with Crippen molar-refractivity contribution < 1.29 is 23.8 Å². The van der Waals surface area contributed by atoms with E-state index in [-0.39, 0.29) is 24.2 Å². The van der Waals surface area contributed by atoms with E-state index in [0.29, 0.717) is 34.0 Å². The third-order valence-corrected chi connectivity index (χ3v) is 5.65. The van der Waals surface area contributed by atoms with Gasteiger partial charge in [0.15, 0.2) is 11.5 Å². The molecule has 0 aliphatic carbocycles. The Labute approximate surface area is 176 Å². The molecule has 164 valence electrons. The van der Waals surface area contributed by atoms with Crippen LogP contribution in [0.5, 0.6) is 11.5 Å². The van der Waals surface area contributed by atoms with Gasteiger partial charge in [0.2, 0.25) is 5.91 Å². The highest BCUT2D eigenvalue weighted by molar-refractivity contribution is 6.12. The molecule has 1 aromatic heterocycles. The van der Waals surface area contributed by atoms with Crippen molar-refractivity contribution in [3.8, 4) is 11.5 Å². The second-order valence-corrected chi connectivity index (χ2v) is 7.76. The maximum atomic E-state index is 13.1. The number of nitrogens with zero attached hydrogens (tertiary/aromatic N) is 1. The predicted octanol–water partition coefficient (Wildman–Crippen LogP) is 3.42. The van der Waals surface area contributed by atoms with Crippen molar-refractivity contribution in [2.45, 2.75) is 39.7 Å². The number of nitrogens with one attached hydrogen (secondary N) is 2. The van der Waals surface area contributed by atoms with E-state index in [0.717, 1.165) is 19.5 Å². The molecular weight excluding hydrogens is 386 g/mol. The summed E-state index contributed by atoms with van der Waals surface area (Å²) in [6.07, 6.45) is 2.26. The largest absolute Gasteiger partial charge is 0.493 e. The molecule has 1 aliphatic rings. The molecule has 0 bridgehead atoms. The minimum atomic E-state index is -0.527. The third kappa shape index (κ3) is 4.38. The maximum Gasteiger partial charge on any atom is 0.356 e. The Bertz CT molecular complexity index is 923. The number of methoxy groups -OCH3 is 2. The van der Waals surface area contributed by atoms with Crippen LogP contribution in [0.25, 0.3) is 10.9 Å². The summed E-state index contributed by atoms with van der Waals surface area (Å²) >= 11 is 0. The Kier molecular flexibility index (Phi) is 6.87. The smallest absolute Gasteiger partial charge is 0.356 e. The van der Waals surface area contributed by atoms with E-state index in [1.165, 1.54) is 6.42 Å². The van der Waals surface area contributed by atoms with Crippen molar-refractivity contribution in [3.05, 3.63) is 17.8 Å². The van der Waals surface area contributed by atoms with Crippen LogP contribution in [-0.2, 0) is 9.53 Å². The van der Waals surface area contributed by atoms with Crippen molar-refractivity contribution >= 4 is 28.5 Å². The molecule has 2 unspecified atom stereocenters. The highest BCUT2D eigenvalue weighted by Crippen LogP contribution is 2.37. The van der Waals surface area contributed by atoms with Gasteiger partial charge in [-0.2, -0.15) is 0 Å². The number of benzene rings is 1. The predicted molar refractivity (Wildman–Crippen MR) is 115 cm³/mol. The molecule has 8 heteroatoms. The second-order valence-electron chi connectivity index (χ2n) is 7.76. The van der Waals surface area contributed by atoms with Gasteiger partial charge in [-0.25, -0.2) is 4.79 Å². The zero-order valence-corrected chi connectivity index (χ0v) is 18.3. The number of carbonyl (C=O) groups is 2. The van der Waals surface area contributed by atoms with Gasteiger partial charge in [-0.3, -0.25) is 9.69 Å². The molecule has 2 N–H and O–H groups in total. The van der Waals surface area contributed by atoms with E-state index in [1.807, 2.05) is 6.92 Å². The summed E-state index contributed by atoms with van der Waals surface area (Å²) in [5.41, 5.74) is 1.24. The van der Waals surface area contributed by atoms with Crippen LogP contribution >= 0.6 is 0 Å². The van der Waals surface area contributed by atoms with Gasteiger partial charge in [-0.1, -0.05) is 6.92 Å². The molecule has 2 atom stereocenters. The lowest BCUT2D eigenvalue weighted by Gasteiger charge is -2.34. The average Bonchev–Trinajstić information content (AvgIpc) is 3.09. The normalized spacial score (nSPS) is 18.1. The summed E-state index contributed by atoms with van der Waals surface area (Å²) < 4.78 is 15.9. The first kappa shape index (κ1) is 22.0. The van der Waals surface area contributed by atoms with Crippen LogP contribution in [0.2, 0.25) is 0 Å². The molecule has 1 saturated heterocycles. The van der Waals surface area contributed by atoms with E-state index in [1.54, 1.807) is 33.3 Å². The second kappa shape index (κ2) is 9.38. The number of amides is 1. The number of rotatable bonds is 7. The first-order valence-electron chi connectivity index (χ1n) is 10.4. The summed E-state index contributed by atoms with van der Waals surface area (Å²) in [4.78, 5) is 30.9. The first-order chi connectivity index (χ1) is 14.4. The SMILES string of the molecule is CCOC(=O)c1[nH]c2cc(OC)c(OC)cc2c1NC(=O)C(C)N1CCCC(C)C1. The molecular formula is C22H31N3O5. The highest BCUT2D eigenvalue weighted by atomic mass is 16.5. The Morgan fingerprint density at radius 2 is 1.97 bits per heavy atom. The van der Waals surface area contributed by atoms with Crippen LogP contribution in [0, 0.1) is 5.92 Å². The number of aromatic amines is 1. The number of anilines is 1. The number of hydrogen-bond acceptors (Lipinski definition) is 6. The molecule has 2 heterocycles. The van der Waals surface area contributed by atoms with E-state index in [4.69, 9.17) is 14.2 Å². The molecule has 8 nitrogen and oxygen atoms in total. The van der Waals surface area contributed by atoms with E-state index >= 15 is 0 Å². The molecule has 30 heavy (non-hydrogen) atoms. The number of hydrogen-bond donors (Lipinski definition) is 2. The molecule has 1 amide bonds. The van der Waals surface area contributed by atoms with E-state index in [2.05, 4.69) is 22.1 Å². The Balaban J connectivity index is 1.98. The maximum absolute atomic E-state index is 13.1. The van der Waals surface area contributed by atoms with E-state index in [9.17, 15) is 9.59 Å². The van der Waals surface area contributed by atoms with Crippen LogP contribution in [0.1, 0.15) is 44.1 Å². The summed E-state index contributed by atoms with van der Waals surface area (Å²) in [6, 6.07) is 3.17. The fourth-order valence-electron chi connectivity index (χ4n) is 3.98. The van der Waals surface area contributed by atoms with Crippen molar-refractivity contribution in [1.82, 2.24) is 9.88 Å². The fourth-order valence-corrected chi connectivity index (χ4v) is 3.98. The number of likely N-dealkylation sites (tertiary alicyclic amines) is 1. The minimum Gasteiger partial charge on any atom is -0.493 e. The Morgan fingerprint density at radius 3 is 2.60 bits per heavy atom. The zero-order chi connectivity index (χ0) is 21.8. The summed E-state index contributed by atoms with van der Waals surface area (Å²) in [5, 5.41) is 3.62. The lowest BCUT2D eigenvalue weighted by atomic mass is 9.99. The molecule has 3 rings (SSSR count). The summed E-state index contributed by atoms with van der Waals surface area (Å²) in [5.74, 6) is 0.906. The average molecular weight is 418 g/mol. The Hall–Kier alpha value is -2.74. The highest BCUT2D eigenvalue weighted by Gasteiger charge is 2.28. The van der Waals surface area contributed by atoms with Crippen LogP contribution in [0.3, 0.4) is 0 Å². The van der Waals surface area contributed by atoms with Crippen molar-refractivity contribution in [2.24, 2.45) is 5.92 Å². The van der Waals surface area contributed by atoms with Crippen LogP contribution < -0.4 is 14.8 Å². The standard InChI is InChI=1S/C22H31N3O5/c1-6-30-22(27)20-19(15-10-17(28-4)18(29-5)11-16(15)23-20)24-21(26)14(3)25-9-7-8-13(2)12-25/h10-11,13-14,23H,6-9,12H2,1-5H3,(H,24,26). The molecule has 0 radical (unpaired) electrons. The number of esters is 1. The number of carbonyl (C=O) groups excluding carboxylic acids is 2. The third-order valence-electron chi connectivity index (χ3n) is 5.65. The lowest BCUT2D eigenvalue weighted by Crippen LogP contribution is -2.46. The fraction of sp³-hybridized carbons (Fsp3) is 0.545. The monoisotopic (exact) mass is 417 g/mol. The molecule has 1 fully saturated rings. The van der Waals surface area contributed by atoms with Crippen molar-refractivity contribution in [1.29, 1.82) is 0 Å². The Morgan fingerprint density at radius 1 is 1.27 bits per heavy atom. The van der Waals surface area contributed by atoms with E-state index < -0.39 is 5.97 Å². The van der Waals surface area contributed by atoms with Crippen LogP contribution in [-0.4, -0.2) is 61.7 Å². The molecule has 0 spiro atoms. The lowest BCUT2D eigenvalue weighted by molar-refractivity contribution is -0.121. The topological polar surface area (TPSA) is 92.9 Å². The molecule has 2 aromatic rings. The van der Waals surface area contributed by atoms with Gasteiger partial charge in [-0.15, -0.1) is 0 Å².